The van der Waals surface area contributed by atoms with Crippen LogP contribution >= 0.6 is 0 Å². The van der Waals surface area contributed by atoms with Crippen molar-refractivity contribution in [3.8, 4) is 5.75 Å². The SMILES string of the molecule is Cc1cc(C)c(C)c(O[C@H](C)C(=O)NCCCc2ccc(C(C)C)cc2)c1. The van der Waals surface area contributed by atoms with Crippen molar-refractivity contribution >= 4 is 5.91 Å². The third-order valence-electron chi connectivity index (χ3n) is 5.02. The van der Waals surface area contributed by atoms with Crippen LogP contribution in [-0.4, -0.2) is 18.6 Å². The van der Waals surface area contributed by atoms with Crippen LogP contribution in [0.5, 0.6) is 5.75 Å². The number of hydrogen-bond donors (Lipinski definition) is 1. The molecule has 1 N–H and O–H groups in total. The summed E-state index contributed by atoms with van der Waals surface area (Å²) in [5.41, 5.74) is 6.08. The molecule has 0 aliphatic heterocycles. The summed E-state index contributed by atoms with van der Waals surface area (Å²) in [6, 6.07) is 12.9. The van der Waals surface area contributed by atoms with Gasteiger partial charge in [0.05, 0.1) is 0 Å². The van der Waals surface area contributed by atoms with Crippen LogP contribution in [0.25, 0.3) is 0 Å². The Bertz CT molecular complexity index is 763. The van der Waals surface area contributed by atoms with Gasteiger partial charge >= 0.3 is 0 Å². The van der Waals surface area contributed by atoms with Gasteiger partial charge in [0.15, 0.2) is 6.10 Å². The van der Waals surface area contributed by atoms with Crippen molar-refractivity contribution in [3.63, 3.8) is 0 Å². The van der Waals surface area contributed by atoms with Crippen LogP contribution in [0.15, 0.2) is 36.4 Å². The van der Waals surface area contributed by atoms with E-state index >= 15 is 0 Å². The van der Waals surface area contributed by atoms with E-state index in [1.165, 1.54) is 16.7 Å². The standard InChI is InChI=1S/C24H33NO2/c1-16(2)22-11-9-21(10-12-22)8-7-13-25-24(26)20(6)27-23-15-17(3)14-18(4)19(23)5/h9-12,14-16,20H,7-8,13H2,1-6H3,(H,25,26)/t20-/m1/s1. The minimum absolute atomic E-state index is 0.0660. The number of rotatable bonds is 8. The Labute approximate surface area is 164 Å². The van der Waals surface area contributed by atoms with Gasteiger partial charge in [-0.05, 0) is 80.3 Å². The maximum atomic E-state index is 12.3. The fraction of sp³-hybridized carbons (Fsp3) is 0.458. The van der Waals surface area contributed by atoms with E-state index in [2.05, 4.69) is 56.4 Å². The Kier molecular flexibility index (Phi) is 7.46. The molecule has 0 saturated heterocycles. The molecule has 0 fully saturated rings. The number of ether oxygens (including phenoxy) is 1. The first-order valence-corrected chi connectivity index (χ1v) is 9.89. The number of amides is 1. The maximum absolute atomic E-state index is 12.3. The molecular formula is C24H33NO2. The van der Waals surface area contributed by atoms with Crippen molar-refractivity contribution in [3.05, 3.63) is 64.2 Å². The number of aryl methyl sites for hydroxylation is 3. The normalized spacial score (nSPS) is 12.1. The zero-order chi connectivity index (χ0) is 20.0. The summed E-state index contributed by atoms with van der Waals surface area (Å²) in [5.74, 6) is 1.28. The molecular weight excluding hydrogens is 334 g/mol. The Balaban J connectivity index is 1.78. The molecule has 3 nitrogen and oxygen atoms in total. The Morgan fingerprint density at radius 2 is 1.70 bits per heavy atom. The predicted molar refractivity (Wildman–Crippen MR) is 113 cm³/mol. The highest BCUT2D eigenvalue weighted by Crippen LogP contribution is 2.24. The third-order valence-corrected chi connectivity index (χ3v) is 5.02. The Morgan fingerprint density at radius 1 is 1.04 bits per heavy atom. The summed E-state index contributed by atoms with van der Waals surface area (Å²) in [6.07, 6.45) is 1.38. The van der Waals surface area contributed by atoms with Crippen LogP contribution < -0.4 is 10.1 Å². The number of hydrogen-bond acceptors (Lipinski definition) is 2. The van der Waals surface area contributed by atoms with E-state index in [-0.39, 0.29) is 5.91 Å². The molecule has 1 amide bonds. The van der Waals surface area contributed by atoms with Gasteiger partial charge in [0.25, 0.3) is 5.91 Å². The number of carbonyl (C=O) groups is 1. The molecule has 0 aromatic heterocycles. The van der Waals surface area contributed by atoms with Crippen LogP contribution in [0.4, 0.5) is 0 Å². The molecule has 2 rings (SSSR count). The van der Waals surface area contributed by atoms with Gasteiger partial charge < -0.3 is 10.1 Å². The van der Waals surface area contributed by atoms with Gasteiger partial charge in [0.1, 0.15) is 5.75 Å². The molecule has 0 aliphatic carbocycles. The van der Waals surface area contributed by atoms with Crippen molar-refractivity contribution < 1.29 is 9.53 Å². The van der Waals surface area contributed by atoms with Crippen molar-refractivity contribution in [1.82, 2.24) is 5.32 Å². The minimum atomic E-state index is -0.504. The van der Waals surface area contributed by atoms with E-state index in [1.807, 2.05) is 19.9 Å². The topological polar surface area (TPSA) is 38.3 Å². The summed E-state index contributed by atoms with van der Waals surface area (Å²) in [7, 11) is 0. The molecule has 2 aromatic carbocycles. The third kappa shape index (κ3) is 6.13. The molecule has 0 unspecified atom stereocenters. The maximum Gasteiger partial charge on any atom is 0.260 e. The number of carbonyl (C=O) groups excluding carboxylic acids is 1. The Morgan fingerprint density at radius 3 is 2.33 bits per heavy atom. The second-order valence-electron chi connectivity index (χ2n) is 7.76. The summed E-state index contributed by atoms with van der Waals surface area (Å²) >= 11 is 0. The van der Waals surface area contributed by atoms with Gasteiger partial charge in [-0.1, -0.05) is 44.2 Å². The summed E-state index contributed by atoms with van der Waals surface area (Å²) in [4.78, 5) is 12.3. The zero-order valence-electron chi connectivity index (χ0n) is 17.6. The van der Waals surface area contributed by atoms with Gasteiger partial charge in [-0.3, -0.25) is 4.79 Å². The van der Waals surface area contributed by atoms with Gasteiger partial charge in [-0.2, -0.15) is 0 Å². The molecule has 27 heavy (non-hydrogen) atoms. The quantitative estimate of drug-likeness (QED) is 0.647. The van der Waals surface area contributed by atoms with Crippen LogP contribution in [0, 0.1) is 20.8 Å². The van der Waals surface area contributed by atoms with Crippen LogP contribution in [0.3, 0.4) is 0 Å². The van der Waals surface area contributed by atoms with E-state index in [0.29, 0.717) is 12.5 Å². The fourth-order valence-electron chi connectivity index (χ4n) is 3.08. The highest BCUT2D eigenvalue weighted by Gasteiger charge is 2.16. The number of nitrogens with one attached hydrogen (secondary N) is 1. The smallest absolute Gasteiger partial charge is 0.260 e. The van der Waals surface area contributed by atoms with Crippen LogP contribution in [-0.2, 0) is 11.2 Å². The van der Waals surface area contributed by atoms with Gasteiger partial charge in [-0.15, -0.1) is 0 Å². The van der Waals surface area contributed by atoms with E-state index in [0.717, 1.165) is 29.7 Å². The van der Waals surface area contributed by atoms with Crippen LogP contribution in [0.1, 0.15) is 60.9 Å². The van der Waals surface area contributed by atoms with Crippen molar-refractivity contribution in [1.29, 1.82) is 0 Å². The molecule has 0 saturated carbocycles. The first-order valence-electron chi connectivity index (χ1n) is 9.89. The largest absolute Gasteiger partial charge is 0.481 e. The number of benzene rings is 2. The molecule has 0 radical (unpaired) electrons. The minimum Gasteiger partial charge on any atom is -0.481 e. The molecule has 0 aliphatic rings. The molecule has 0 bridgehead atoms. The second-order valence-corrected chi connectivity index (χ2v) is 7.76. The zero-order valence-corrected chi connectivity index (χ0v) is 17.6. The van der Waals surface area contributed by atoms with E-state index in [4.69, 9.17) is 4.74 Å². The summed E-state index contributed by atoms with van der Waals surface area (Å²) in [5, 5.41) is 2.99. The average molecular weight is 368 g/mol. The monoisotopic (exact) mass is 367 g/mol. The molecule has 3 heteroatoms. The van der Waals surface area contributed by atoms with Crippen molar-refractivity contribution in [2.75, 3.05) is 6.54 Å². The fourth-order valence-corrected chi connectivity index (χ4v) is 3.08. The molecule has 146 valence electrons. The Hall–Kier alpha value is -2.29. The first kappa shape index (κ1) is 21.0. The highest BCUT2D eigenvalue weighted by atomic mass is 16.5. The van der Waals surface area contributed by atoms with E-state index < -0.39 is 6.10 Å². The van der Waals surface area contributed by atoms with Crippen LogP contribution in [0.2, 0.25) is 0 Å². The molecule has 2 aromatic rings. The van der Waals surface area contributed by atoms with Gasteiger partial charge in [0, 0.05) is 6.54 Å². The van der Waals surface area contributed by atoms with E-state index in [1.54, 1.807) is 6.92 Å². The lowest BCUT2D eigenvalue weighted by Gasteiger charge is -2.18. The average Bonchev–Trinajstić information content (AvgIpc) is 2.63. The van der Waals surface area contributed by atoms with E-state index in [9.17, 15) is 4.79 Å². The highest BCUT2D eigenvalue weighted by molar-refractivity contribution is 5.80. The summed E-state index contributed by atoms with van der Waals surface area (Å²) in [6.45, 7) is 13.0. The predicted octanol–water partition coefficient (Wildman–Crippen LogP) is 5.25. The molecule has 0 spiro atoms. The lowest BCUT2D eigenvalue weighted by molar-refractivity contribution is -0.127. The van der Waals surface area contributed by atoms with Gasteiger partial charge in [-0.25, -0.2) is 0 Å². The lowest BCUT2D eigenvalue weighted by Crippen LogP contribution is -2.37. The van der Waals surface area contributed by atoms with Crippen molar-refractivity contribution in [2.24, 2.45) is 0 Å². The summed E-state index contributed by atoms with van der Waals surface area (Å²) < 4.78 is 5.91. The molecule has 0 heterocycles. The van der Waals surface area contributed by atoms with Crippen molar-refractivity contribution in [2.45, 2.75) is 66.4 Å². The first-order chi connectivity index (χ1) is 12.8. The second kappa shape index (κ2) is 9.59. The molecule has 1 atom stereocenters. The van der Waals surface area contributed by atoms with Gasteiger partial charge in [0.2, 0.25) is 0 Å². The lowest BCUT2D eigenvalue weighted by atomic mass is 10.0.